The molecule has 0 aliphatic heterocycles. The zero-order valence-corrected chi connectivity index (χ0v) is 11.6. The number of unbranched alkanes of at least 4 members (excludes halogenated alkanes) is 2. The van der Waals surface area contributed by atoms with Crippen LogP contribution < -0.4 is 0 Å². The van der Waals surface area contributed by atoms with Crippen molar-refractivity contribution in [3.63, 3.8) is 0 Å². The van der Waals surface area contributed by atoms with Crippen LogP contribution in [0.25, 0.3) is 0 Å². The third-order valence-electron chi connectivity index (χ3n) is 3.45. The molecule has 2 aromatic rings. The van der Waals surface area contributed by atoms with Gasteiger partial charge in [-0.1, -0.05) is 62.2 Å². The number of aryl methyl sites for hydroxylation is 1. The number of rotatable bonds is 6. The molecule has 0 fully saturated rings. The summed E-state index contributed by atoms with van der Waals surface area (Å²) >= 11 is 0. The Morgan fingerprint density at radius 2 is 1.68 bits per heavy atom. The van der Waals surface area contributed by atoms with Crippen molar-refractivity contribution >= 4 is 0 Å². The van der Waals surface area contributed by atoms with E-state index in [0.29, 0.717) is 5.75 Å². The topological polar surface area (TPSA) is 20.2 Å². The van der Waals surface area contributed by atoms with Crippen LogP contribution in [0.15, 0.2) is 48.5 Å². The maximum absolute atomic E-state index is 10.1. The second-order valence-corrected chi connectivity index (χ2v) is 5.08. The van der Waals surface area contributed by atoms with Crippen LogP contribution >= 0.6 is 0 Å². The predicted molar refractivity (Wildman–Crippen MR) is 80.6 cm³/mol. The van der Waals surface area contributed by atoms with Crippen LogP contribution in [0, 0.1) is 0 Å². The first-order valence-corrected chi connectivity index (χ1v) is 7.14. The van der Waals surface area contributed by atoms with Crippen molar-refractivity contribution in [2.45, 2.75) is 39.0 Å². The molecule has 0 heterocycles. The minimum absolute atomic E-state index is 0.449. The van der Waals surface area contributed by atoms with Gasteiger partial charge in [0.25, 0.3) is 0 Å². The number of phenolic OH excluding ortho intramolecular Hbond substituents is 1. The van der Waals surface area contributed by atoms with E-state index in [2.05, 4.69) is 31.2 Å². The molecule has 0 aliphatic rings. The Morgan fingerprint density at radius 1 is 0.895 bits per heavy atom. The Kier molecular flexibility index (Phi) is 5.02. The fraction of sp³-hybridized carbons (Fsp3) is 0.333. The van der Waals surface area contributed by atoms with Gasteiger partial charge in [0, 0.05) is 0 Å². The van der Waals surface area contributed by atoms with Crippen LogP contribution in [0.3, 0.4) is 0 Å². The van der Waals surface area contributed by atoms with Crippen molar-refractivity contribution in [3.05, 3.63) is 65.2 Å². The molecule has 1 heteroatoms. The van der Waals surface area contributed by atoms with E-state index in [1.165, 1.54) is 24.0 Å². The van der Waals surface area contributed by atoms with Crippen LogP contribution in [0.4, 0.5) is 0 Å². The highest BCUT2D eigenvalue weighted by molar-refractivity contribution is 5.38. The molecular weight excluding hydrogens is 232 g/mol. The van der Waals surface area contributed by atoms with Gasteiger partial charge in [-0.15, -0.1) is 0 Å². The number of benzene rings is 2. The van der Waals surface area contributed by atoms with Gasteiger partial charge >= 0.3 is 0 Å². The summed E-state index contributed by atoms with van der Waals surface area (Å²) in [5, 5.41) is 10.1. The van der Waals surface area contributed by atoms with Crippen molar-refractivity contribution in [3.8, 4) is 5.75 Å². The first-order chi connectivity index (χ1) is 9.29. The summed E-state index contributed by atoms with van der Waals surface area (Å²) < 4.78 is 0. The number of hydrogen-bond acceptors (Lipinski definition) is 1. The third-order valence-corrected chi connectivity index (χ3v) is 3.45. The molecule has 0 unspecified atom stereocenters. The minimum Gasteiger partial charge on any atom is -0.508 e. The molecule has 2 rings (SSSR count). The average molecular weight is 254 g/mol. The lowest BCUT2D eigenvalue weighted by atomic mass is 10.0. The number of aromatic hydroxyl groups is 1. The predicted octanol–water partition coefficient (Wildman–Crippen LogP) is 4.72. The Bertz CT molecular complexity index is 502. The molecule has 0 saturated heterocycles. The van der Waals surface area contributed by atoms with Gasteiger partial charge in [-0.3, -0.25) is 0 Å². The first kappa shape index (κ1) is 13.7. The SMILES string of the molecule is CCCCCc1ccc(Cc2ccccc2)cc1O. The van der Waals surface area contributed by atoms with Crippen molar-refractivity contribution < 1.29 is 5.11 Å². The van der Waals surface area contributed by atoms with E-state index in [0.717, 1.165) is 24.8 Å². The Morgan fingerprint density at radius 3 is 2.37 bits per heavy atom. The van der Waals surface area contributed by atoms with E-state index in [4.69, 9.17) is 0 Å². The summed E-state index contributed by atoms with van der Waals surface area (Å²) in [7, 11) is 0. The fourth-order valence-corrected chi connectivity index (χ4v) is 2.33. The van der Waals surface area contributed by atoms with Crippen LogP contribution in [0.5, 0.6) is 5.75 Å². The lowest BCUT2D eigenvalue weighted by Crippen LogP contribution is -1.91. The highest BCUT2D eigenvalue weighted by atomic mass is 16.3. The molecule has 0 spiro atoms. The lowest BCUT2D eigenvalue weighted by Gasteiger charge is -2.07. The number of phenols is 1. The normalized spacial score (nSPS) is 10.6. The summed E-state index contributed by atoms with van der Waals surface area (Å²) in [4.78, 5) is 0. The second kappa shape index (κ2) is 6.98. The minimum atomic E-state index is 0.449. The molecule has 0 saturated carbocycles. The van der Waals surface area contributed by atoms with Crippen LogP contribution in [-0.2, 0) is 12.8 Å². The maximum Gasteiger partial charge on any atom is 0.119 e. The lowest BCUT2D eigenvalue weighted by molar-refractivity contribution is 0.466. The molecule has 0 radical (unpaired) electrons. The van der Waals surface area contributed by atoms with Crippen LogP contribution in [0.1, 0.15) is 42.9 Å². The van der Waals surface area contributed by atoms with Gasteiger partial charge < -0.3 is 5.11 Å². The molecule has 0 amide bonds. The number of hydrogen-bond donors (Lipinski definition) is 1. The van der Waals surface area contributed by atoms with Crippen LogP contribution in [0.2, 0.25) is 0 Å². The fourth-order valence-electron chi connectivity index (χ4n) is 2.33. The first-order valence-electron chi connectivity index (χ1n) is 7.14. The van der Waals surface area contributed by atoms with E-state index >= 15 is 0 Å². The van der Waals surface area contributed by atoms with Crippen LogP contribution in [-0.4, -0.2) is 5.11 Å². The largest absolute Gasteiger partial charge is 0.508 e. The third kappa shape index (κ3) is 4.13. The van der Waals surface area contributed by atoms with Gasteiger partial charge in [-0.2, -0.15) is 0 Å². The highest BCUT2D eigenvalue weighted by Gasteiger charge is 2.03. The van der Waals surface area contributed by atoms with E-state index in [1.807, 2.05) is 24.3 Å². The summed E-state index contributed by atoms with van der Waals surface area (Å²) in [6.45, 7) is 2.20. The summed E-state index contributed by atoms with van der Waals surface area (Å²) in [5.41, 5.74) is 3.52. The molecule has 19 heavy (non-hydrogen) atoms. The zero-order valence-electron chi connectivity index (χ0n) is 11.6. The quantitative estimate of drug-likeness (QED) is 0.740. The standard InChI is InChI=1S/C18H22O/c1-2-3-5-10-17-12-11-16(14-18(17)19)13-15-8-6-4-7-9-15/h4,6-9,11-12,14,19H,2-3,5,10,13H2,1H3. The molecule has 1 N–H and O–H groups in total. The Hall–Kier alpha value is -1.76. The van der Waals surface area contributed by atoms with Crippen molar-refractivity contribution in [2.75, 3.05) is 0 Å². The van der Waals surface area contributed by atoms with Crippen molar-refractivity contribution in [1.82, 2.24) is 0 Å². The smallest absolute Gasteiger partial charge is 0.119 e. The van der Waals surface area contributed by atoms with Gasteiger partial charge in [0.2, 0.25) is 0 Å². The van der Waals surface area contributed by atoms with Gasteiger partial charge in [-0.25, -0.2) is 0 Å². The second-order valence-electron chi connectivity index (χ2n) is 5.08. The Labute approximate surface area is 115 Å². The van der Waals surface area contributed by atoms with Crippen molar-refractivity contribution in [2.24, 2.45) is 0 Å². The highest BCUT2D eigenvalue weighted by Crippen LogP contribution is 2.22. The maximum atomic E-state index is 10.1. The summed E-state index contributed by atoms with van der Waals surface area (Å²) in [5.74, 6) is 0.449. The zero-order chi connectivity index (χ0) is 13.5. The van der Waals surface area contributed by atoms with Gasteiger partial charge in [-0.05, 0) is 42.0 Å². The van der Waals surface area contributed by atoms with E-state index in [9.17, 15) is 5.11 Å². The van der Waals surface area contributed by atoms with Gasteiger partial charge in [0.1, 0.15) is 5.75 Å². The monoisotopic (exact) mass is 254 g/mol. The van der Waals surface area contributed by atoms with E-state index in [1.54, 1.807) is 0 Å². The molecule has 100 valence electrons. The van der Waals surface area contributed by atoms with Gasteiger partial charge in [0.05, 0.1) is 0 Å². The van der Waals surface area contributed by atoms with E-state index < -0.39 is 0 Å². The molecule has 0 bridgehead atoms. The molecular formula is C18H22O. The molecule has 1 nitrogen and oxygen atoms in total. The Balaban J connectivity index is 2.02. The van der Waals surface area contributed by atoms with E-state index in [-0.39, 0.29) is 0 Å². The summed E-state index contributed by atoms with van der Waals surface area (Å²) in [6, 6.07) is 16.5. The molecule has 2 aromatic carbocycles. The molecule has 0 aliphatic carbocycles. The van der Waals surface area contributed by atoms with Crippen molar-refractivity contribution in [1.29, 1.82) is 0 Å². The van der Waals surface area contributed by atoms with Gasteiger partial charge in [0.15, 0.2) is 0 Å². The molecule has 0 aromatic heterocycles. The summed E-state index contributed by atoms with van der Waals surface area (Å²) in [6.07, 6.45) is 5.45. The average Bonchev–Trinajstić information content (AvgIpc) is 2.43. The molecule has 0 atom stereocenters.